The second kappa shape index (κ2) is 16.0. The van der Waals surface area contributed by atoms with E-state index in [0.717, 1.165) is 5.56 Å². The van der Waals surface area contributed by atoms with E-state index in [0.29, 0.717) is 22.6 Å². The van der Waals surface area contributed by atoms with Gasteiger partial charge in [0.25, 0.3) is 5.91 Å². The molecule has 0 aromatic heterocycles. The SMILES string of the molecule is O=C(COc1ccc([C@H]2[C@H](SCC(=O)c3ccc(F)cc3)C(=O)N2c2ccccc2)cc1)N[C@@H](C(=O)N[C@@H](CO)C(=O)O)c1ccccc1. The number of nitrogens with one attached hydrogen (secondary N) is 2. The number of amides is 3. The Labute approximate surface area is 285 Å². The Morgan fingerprint density at radius 1 is 0.857 bits per heavy atom. The predicted octanol–water partition coefficient (Wildman–Crippen LogP) is 3.70. The number of aliphatic carboxylic acids is 1. The number of hydrogen-bond donors (Lipinski definition) is 4. The highest BCUT2D eigenvalue weighted by Crippen LogP contribution is 2.45. The maximum atomic E-state index is 13.3. The first-order valence-corrected chi connectivity index (χ1v) is 16.2. The summed E-state index contributed by atoms with van der Waals surface area (Å²) in [5, 5.41) is 22.7. The van der Waals surface area contributed by atoms with Gasteiger partial charge in [-0.1, -0.05) is 60.7 Å². The molecular formula is C36H32FN3O8S. The molecule has 13 heteroatoms. The number of halogens is 1. The van der Waals surface area contributed by atoms with E-state index in [2.05, 4.69) is 10.6 Å². The van der Waals surface area contributed by atoms with Crippen LogP contribution in [0.2, 0.25) is 0 Å². The average molecular weight is 686 g/mol. The normalized spacial score (nSPS) is 16.5. The smallest absolute Gasteiger partial charge is 0.328 e. The van der Waals surface area contributed by atoms with Crippen LogP contribution in [0.15, 0.2) is 109 Å². The Morgan fingerprint density at radius 3 is 2.10 bits per heavy atom. The zero-order valence-electron chi connectivity index (χ0n) is 25.9. The summed E-state index contributed by atoms with van der Waals surface area (Å²) in [7, 11) is 0. The van der Waals surface area contributed by atoms with Crippen molar-refractivity contribution in [3.8, 4) is 5.75 Å². The van der Waals surface area contributed by atoms with Gasteiger partial charge in [-0.05, 0) is 59.7 Å². The Hall–Kier alpha value is -5.53. The van der Waals surface area contributed by atoms with Gasteiger partial charge in [-0.15, -0.1) is 11.8 Å². The van der Waals surface area contributed by atoms with Crippen LogP contribution in [0.4, 0.5) is 10.1 Å². The van der Waals surface area contributed by atoms with E-state index in [-0.39, 0.29) is 17.4 Å². The van der Waals surface area contributed by atoms with E-state index < -0.39 is 60.2 Å². The third-order valence-electron chi connectivity index (χ3n) is 7.73. The Kier molecular flexibility index (Phi) is 11.4. The minimum Gasteiger partial charge on any atom is -0.484 e. The van der Waals surface area contributed by atoms with Crippen molar-refractivity contribution in [1.82, 2.24) is 10.6 Å². The summed E-state index contributed by atoms with van der Waals surface area (Å²) in [5.74, 6) is -3.38. The first kappa shape index (κ1) is 34.8. The molecule has 4 N–H and O–H groups in total. The molecule has 1 aliphatic rings. The number of aliphatic hydroxyl groups excluding tert-OH is 1. The number of aliphatic hydroxyl groups is 1. The number of benzene rings is 4. The summed E-state index contributed by atoms with van der Waals surface area (Å²) in [6, 6.07) is 26.2. The fourth-order valence-electron chi connectivity index (χ4n) is 5.21. The van der Waals surface area contributed by atoms with Crippen molar-refractivity contribution in [1.29, 1.82) is 0 Å². The molecule has 49 heavy (non-hydrogen) atoms. The van der Waals surface area contributed by atoms with Crippen LogP contribution in [0.3, 0.4) is 0 Å². The molecule has 252 valence electrons. The average Bonchev–Trinajstić information content (AvgIpc) is 3.12. The van der Waals surface area contributed by atoms with Gasteiger partial charge in [0.05, 0.1) is 18.4 Å². The van der Waals surface area contributed by atoms with E-state index in [1.165, 1.54) is 36.0 Å². The molecule has 4 aromatic rings. The molecule has 5 rings (SSSR count). The topological polar surface area (TPSA) is 162 Å². The standard InChI is InChI=1S/C36H32FN3O8S/c37-25-15-11-22(12-16-25)29(42)21-49-33-32(40(35(33)45)26-9-5-2-6-10-26)24-13-17-27(18-14-24)48-20-30(43)39-31(23-7-3-1-4-8-23)34(44)38-28(19-41)36(46)47/h1-18,28,31-33,41H,19-21H2,(H,38,44)(H,39,43)(H,46,47)/t28-,31+,32-,33-/m0/s1. The number of carboxylic acid groups (broad SMARTS) is 1. The molecule has 0 spiro atoms. The Bertz CT molecular complexity index is 1790. The second-order valence-electron chi connectivity index (χ2n) is 11.0. The molecule has 3 amide bonds. The quantitative estimate of drug-likeness (QED) is 0.108. The number of carboxylic acids is 1. The lowest BCUT2D eigenvalue weighted by Gasteiger charge is -2.47. The minimum atomic E-state index is -1.55. The van der Waals surface area contributed by atoms with Crippen LogP contribution in [-0.2, 0) is 19.2 Å². The van der Waals surface area contributed by atoms with Crippen molar-refractivity contribution in [2.24, 2.45) is 0 Å². The summed E-state index contributed by atoms with van der Waals surface area (Å²) in [4.78, 5) is 64.9. The molecular weight excluding hydrogens is 653 g/mol. The van der Waals surface area contributed by atoms with Crippen LogP contribution in [0, 0.1) is 5.82 Å². The highest BCUT2D eigenvalue weighted by atomic mass is 32.2. The van der Waals surface area contributed by atoms with Crippen LogP contribution in [0.25, 0.3) is 0 Å². The number of nitrogens with zero attached hydrogens (tertiary/aromatic N) is 1. The largest absolute Gasteiger partial charge is 0.484 e. The second-order valence-corrected chi connectivity index (χ2v) is 12.1. The first-order chi connectivity index (χ1) is 23.7. The molecule has 1 heterocycles. The van der Waals surface area contributed by atoms with Crippen molar-refractivity contribution in [2.45, 2.75) is 23.4 Å². The van der Waals surface area contributed by atoms with Gasteiger partial charge in [-0.3, -0.25) is 19.2 Å². The number of anilines is 1. The molecule has 1 saturated heterocycles. The number of rotatable bonds is 15. The fraction of sp³-hybridized carbons (Fsp3) is 0.194. The molecule has 11 nitrogen and oxygen atoms in total. The number of carbonyl (C=O) groups excluding carboxylic acids is 4. The van der Waals surface area contributed by atoms with Crippen molar-refractivity contribution in [3.05, 3.63) is 132 Å². The van der Waals surface area contributed by atoms with Crippen LogP contribution >= 0.6 is 11.8 Å². The summed E-state index contributed by atoms with van der Waals surface area (Å²) >= 11 is 1.21. The maximum Gasteiger partial charge on any atom is 0.328 e. The van der Waals surface area contributed by atoms with E-state index in [1.807, 2.05) is 30.3 Å². The van der Waals surface area contributed by atoms with Gasteiger partial charge < -0.3 is 30.5 Å². The number of carbonyl (C=O) groups is 5. The van der Waals surface area contributed by atoms with Gasteiger partial charge in [-0.2, -0.15) is 0 Å². The first-order valence-electron chi connectivity index (χ1n) is 15.2. The molecule has 4 aromatic carbocycles. The van der Waals surface area contributed by atoms with Gasteiger partial charge in [0.2, 0.25) is 11.8 Å². The molecule has 4 atom stereocenters. The van der Waals surface area contributed by atoms with Crippen LogP contribution in [0.1, 0.15) is 33.6 Å². The molecule has 1 aliphatic heterocycles. The van der Waals surface area contributed by atoms with Crippen LogP contribution in [0.5, 0.6) is 5.75 Å². The number of hydrogen-bond acceptors (Lipinski definition) is 8. The highest BCUT2D eigenvalue weighted by Gasteiger charge is 2.49. The van der Waals surface area contributed by atoms with Gasteiger partial charge in [0.15, 0.2) is 12.4 Å². The third kappa shape index (κ3) is 8.50. The summed E-state index contributed by atoms with van der Waals surface area (Å²) in [6.45, 7) is -1.30. The number of ketones is 1. The van der Waals surface area contributed by atoms with Gasteiger partial charge in [0.1, 0.15) is 28.9 Å². The monoisotopic (exact) mass is 685 g/mol. The summed E-state index contributed by atoms with van der Waals surface area (Å²) in [5.41, 5.74) is 2.21. The molecule has 1 fully saturated rings. The summed E-state index contributed by atoms with van der Waals surface area (Å²) < 4.78 is 19.0. The minimum absolute atomic E-state index is 0.0242. The Balaban J connectivity index is 1.25. The number of ether oxygens (including phenoxy) is 1. The van der Waals surface area contributed by atoms with Gasteiger partial charge in [0, 0.05) is 11.3 Å². The number of β-lactam (4-membered cyclic amide) rings is 1. The number of thioether (sulfide) groups is 1. The lowest BCUT2D eigenvalue weighted by molar-refractivity contribution is -0.143. The fourth-order valence-corrected chi connectivity index (χ4v) is 6.42. The van der Waals surface area contributed by atoms with E-state index >= 15 is 0 Å². The predicted molar refractivity (Wildman–Crippen MR) is 180 cm³/mol. The number of para-hydroxylation sites is 1. The molecule has 0 aliphatic carbocycles. The van der Waals surface area contributed by atoms with Crippen LogP contribution < -0.4 is 20.3 Å². The van der Waals surface area contributed by atoms with Crippen molar-refractivity contribution in [2.75, 3.05) is 23.9 Å². The van der Waals surface area contributed by atoms with E-state index in [9.17, 15) is 38.6 Å². The molecule has 0 radical (unpaired) electrons. The van der Waals surface area contributed by atoms with Gasteiger partial charge >= 0.3 is 5.97 Å². The van der Waals surface area contributed by atoms with Crippen molar-refractivity contribution >= 4 is 46.9 Å². The van der Waals surface area contributed by atoms with E-state index in [4.69, 9.17) is 4.74 Å². The molecule has 0 unspecified atom stereocenters. The van der Waals surface area contributed by atoms with Crippen LogP contribution in [-0.4, -0.2) is 69.9 Å². The van der Waals surface area contributed by atoms with Gasteiger partial charge in [-0.25, -0.2) is 9.18 Å². The molecule has 0 saturated carbocycles. The summed E-state index contributed by atoms with van der Waals surface area (Å²) in [6.07, 6.45) is 0. The number of Topliss-reactive ketones (excluding diaryl/α,β-unsaturated/α-hetero) is 1. The highest BCUT2D eigenvalue weighted by molar-refractivity contribution is 8.01. The third-order valence-corrected chi connectivity index (χ3v) is 8.98. The maximum absolute atomic E-state index is 13.3. The zero-order valence-corrected chi connectivity index (χ0v) is 26.7. The lowest BCUT2D eigenvalue weighted by atomic mass is 9.92. The lowest BCUT2D eigenvalue weighted by Crippen LogP contribution is -2.57. The van der Waals surface area contributed by atoms with E-state index in [1.54, 1.807) is 59.5 Å². The zero-order chi connectivity index (χ0) is 34.9. The van der Waals surface area contributed by atoms with Crippen molar-refractivity contribution in [3.63, 3.8) is 0 Å². The van der Waals surface area contributed by atoms with Crippen molar-refractivity contribution < 1.29 is 43.3 Å². The Morgan fingerprint density at radius 2 is 1.49 bits per heavy atom. The molecule has 0 bridgehead atoms.